The van der Waals surface area contributed by atoms with Crippen molar-refractivity contribution in [2.45, 2.75) is 6.92 Å². The molecule has 3 N–H and O–H groups in total. The number of pyridine rings is 1. The van der Waals surface area contributed by atoms with Crippen LogP contribution in [-0.2, 0) is 4.79 Å². The molecule has 1 aromatic carbocycles. The zero-order valence-corrected chi connectivity index (χ0v) is 13.6. The van der Waals surface area contributed by atoms with Gasteiger partial charge in [-0.1, -0.05) is 12.0 Å². The fourth-order valence-corrected chi connectivity index (χ4v) is 1.98. The van der Waals surface area contributed by atoms with Gasteiger partial charge in [-0.05, 0) is 61.0 Å². The molecule has 0 saturated heterocycles. The van der Waals surface area contributed by atoms with Crippen LogP contribution in [0, 0.1) is 18.8 Å². The van der Waals surface area contributed by atoms with Gasteiger partial charge in [0.1, 0.15) is 11.4 Å². The second-order valence-electron chi connectivity index (χ2n) is 4.92. The number of hydrogen-bond acceptors (Lipinski definition) is 4. The summed E-state index contributed by atoms with van der Waals surface area (Å²) in [6.07, 6.45) is 4.44. The van der Waals surface area contributed by atoms with Crippen LogP contribution in [0.15, 0.2) is 59.9 Å². The van der Waals surface area contributed by atoms with Gasteiger partial charge in [0.15, 0.2) is 0 Å². The molecule has 2 aromatic rings. The maximum atomic E-state index is 12.1. The minimum atomic E-state index is -0.311. The van der Waals surface area contributed by atoms with Gasteiger partial charge in [-0.15, -0.1) is 0 Å². The van der Waals surface area contributed by atoms with Crippen molar-refractivity contribution in [1.82, 2.24) is 4.98 Å². The molecular weight excluding hydrogens is 300 g/mol. The number of amides is 1. The third kappa shape index (κ3) is 4.55. The quantitative estimate of drug-likeness (QED) is 0.673. The van der Waals surface area contributed by atoms with Gasteiger partial charge in [0.05, 0.1) is 0 Å². The van der Waals surface area contributed by atoms with E-state index >= 15 is 0 Å². The average Bonchev–Trinajstić information content (AvgIpc) is 2.60. The van der Waals surface area contributed by atoms with Gasteiger partial charge in [-0.3, -0.25) is 9.79 Å². The maximum Gasteiger partial charge on any atom is 0.273 e. The topological polar surface area (TPSA) is 80.4 Å². The normalized spacial score (nSPS) is 11.0. The number of rotatable bonds is 3. The SMILES string of the molecule is CN=C(/C=C\N)C(=O)Nc1ccc(C#Cc2ccccn2)cc1C. The van der Waals surface area contributed by atoms with E-state index in [9.17, 15) is 4.79 Å². The molecule has 5 nitrogen and oxygen atoms in total. The van der Waals surface area contributed by atoms with Crippen LogP contribution in [0.4, 0.5) is 5.69 Å². The summed E-state index contributed by atoms with van der Waals surface area (Å²) in [6.45, 7) is 1.91. The van der Waals surface area contributed by atoms with Crippen LogP contribution in [-0.4, -0.2) is 23.7 Å². The molecule has 0 spiro atoms. The Balaban J connectivity index is 2.16. The summed E-state index contributed by atoms with van der Waals surface area (Å²) in [5.41, 5.74) is 8.74. The Morgan fingerprint density at radius 1 is 1.29 bits per heavy atom. The van der Waals surface area contributed by atoms with Crippen molar-refractivity contribution in [3.63, 3.8) is 0 Å². The van der Waals surface area contributed by atoms with E-state index in [1.54, 1.807) is 6.20 Å². The number of nitrogens with zero attached hydrogens (tertiary/aromatic N) is 2. The third-order valence-corrected chi connectivity index (χ3v) is 3.20. The average molecular weight is 318 g/mol. The number of hydrogen-bond donors (Lipinski definition) is 2. The molecular formula is C19H18N4O. The fourth-order valence-electron chi connectivity index (χ4n) is 1.98. The molecule has 0 aliphatic heterocycles. The van der Waals surface area contributed by atoms with Gasteiger partial charge in [-0.25, -0.2) is 4.98 Å². The standard InChI is InChI=1S/C19H18N4O/c1-14-13-15(6-8-16-5-3-4-12-22-16)7-9-17(14)23-19(24)18(21-2)10-11-20/h3-5,7,9-13H,20H2,1-2H3,(H,23,24)/b11-10-,21-18?. The number of aliphatic imine (C=N–C) groups is 1. The van der Waals surface area contributed by atoms with Gasteiger partial charge in [-0.2, -0.15) is 0 Å². The van der Waals surface area contributed by atoms with Crippen LogP contribution in [0.3, 0.4) is 0 Å². The van der Waals surface area contributed by atoms with Crippen molar-refractivity contribution >= 4 is 17.3 Å². The van der Waals surface area contributed by atoms with E-state index in [1.807, 2.05) is 43.3 Å². The van der Waals surface area contributed by atoms with Crippen LogP contribution >= 0.6 is 0 Å². The van der Waals surface area contributed by atoms with Crippen LogP contribution in [0.2, 0.25) is 0 Å². The highest BCUT2D eigenvalue weighted by molar-refractivity contribution is 6.47. The number of carbonyl (C=O) groups excluding carboxylic acids is 1. The Morgan fingerprint density at radius 3 is 2.75 bits per heavy atom. The Morgan fingerprint density at radius 2 is 2.12 bits per heavy atom. The first-order valence-electron chi connectivity index (χ1n) is 7.34. The molecule has 0 aliphatic carbocycles. The zero-order valence-electron chi connectivity index (χ0n) is 13.6. The molecule has 0 unspecified atom stereocenters. The first-order valence-corrected chi connectivity index (χ1v) is 7.34. The van der Waals surface area contributed by atoms with Crippen LogP contribution in [0.5, 0.6) is 0 Å². The van der Waals surface area contributed by atoms with Gasteiger partial charge >= 0.3 is 0 Å². The summed E-state index contributed by atoms with van der Waals surface area (Å²) in [6, 6.07) is 11.2. The molecule has 2 rings (SSSR count). The van der Waals surface area contributed by atoms with Crippen molar-refractivity contribution in [3.8, 4) is 11.8 Å². The monoisotopic (exact) mass is 318 g/mol. The van der Waals surface area contributed by atoms with E-state index in [0.717, 1.165) is 11.1 Å². The fraction of sp³-hybridized carbons (Fsp3) is 0.105. The summed E-state index contributed by atoms with van der Waals surface area (Å²) in [5.74, 6) is 5.75. The minimum absolute atomic E-state index is 0.260. The molecule has 0 fully saturated rings. The molecule has 0 bridgehead atoms. The number of nitrogens with one attached hydrogen (secondary N) is 1. The lowest BCUT2D eigenvalue weighted by atomic mass is 10.1. The summed E-state index contributed by atoms with van der Waals surface area (Å²) in [7, 11) is 1.54. The summed E-state index contributed by atoms with van der Waals surface area (Å²) < 4.78 is 0. The van der Waals surface area contributed by atoms with Gasteiger partial charge < -0.3 is 11.1 Å². The Bertz CT molecular complexity index is 843. The Hall–Kier alpha value is -3.39. The van der Waals surface area contributed by atoms with Crippen LogP contribution in [0.1, 0.15) is 16.8 Å². The molecule has 1 amide bonds. The number of anilines is 1. The number of aryl methyl sites for hydroxylation is 1. The van der Waals surface area contributed by atoms with Crippen molar-refractivity contribution < 1.29 is 4.79 Å². The van der Waals surface area contributed by atoms with E-state index in [2.05, 4.69) is 27.1 Å². The predicted octanol–water partition coefficient (Wildman–Crippen LogP) is 2.27. The van der Waals surface area contributed by atoms with Crippen molar-refractivity contribution in [1.29, 1.82) is 0 Å². The van der Waals surface area contributed by atoms with Gasteiger partial charge in [0.2, 0.25) is 0 Å². The molecule has 1 aromatic heterocycles. The number of aromatic nitrogens is 1. The van der Waals surface area contributed by atoms with Gasteiger partial charge in [0, 0.05) is 24.5 Å². The number of benzene rings is 1. The summed E-state index contributed by atoms with van der Waals surface area (Å²) in [5, 5.41) is 2.81. The predicted molar refractivity (Wildman–Crippen MR) is 96.7 cm³/mol. The Kier molecular flexibility index (Phi) is 5.87. The van der Waals surface area contributed by atoms with Crippen LogP contribution < -0.4 is 11.1 Å². The lowest BCUT2D eigenvalue weighted by Gasteiger charge is -2.08. The molecule has 24 heavy (non-hydrogen) atoms. The molecule has 120 valence electrons. The molecule has 0 atom stereocenters. The minimum Gasteiger partial charge on any atom is -0.405 e. The number of carbonyl (C=O) groups is 1. The van der Waals surface area contributed by atoms with Crippen molar-refractivity contribution in [2.75, 3.05) is 12.4 Å². The molecule has 0 saturated carbocycles. The second kappa shape index (κ2) is 8.30. The zero-order chi connectivity index (χ0) is 17.4. The molecule has 0 radical (unpaired) electrons. The summed E-state index contributed by atoms with van der Waals surface area (Å²) >= 11 is 0. The van der Waals surface area contributed by atoms with Gasteiger partial charge in [0.25, 0.3) is 5.91 Å². The highest BCUT2D eigenvalue weighted by Crippen LogP contribution is 2.16. The van der Waals surface area contributed by atoms with Crippen molar-refractivity contribution in [3.05, 3.63) is 71.7 Å². The molecule has 0 aliphatic rings. The highest BCUT2D eigenvalue weighted by atomic mass is 16.1. The third-order valence-electron chi connectivity index (χ3n) is 3.20. The van der Waals surface area contributed by atoms with E-state index < -0.39 is 0 Å². The molecule has 1 heterocycles. The lowest BCUT2D eigenvalue weighted by Crippen LogP contribution is -2.22. The largest absolute Gasteiger partial charge is 0.405 e. The second-order valence-corrected chi connectivity index (χ2v) is 4.92. The van der Waals surface area contributed by atoms with E-state index in [0.29, 0.717) is 11.4 Å². The van der Waals surface area contributed by atoms with E-state index in [1.165, 1.54) is 19.3 Å². The lowest BCUT2D eigenvalue weighted by molar-refractivity contribution is -0.110. The van der Waals surface area contributed by atoms with Crippen LogP contribution in [0.25, 0.3) is 0 Å². The first-order chi connectivity index (χ1) is 11.6. The highest BCUT2D eigenvalue weighted by Gasteiger charge is 2.09. The smallest absolute Gasteiger partial charge is 0.273 e. The van der Waals surface area contributed by atoms with E-state index in [4.69, 9.17) is 5.73 Å². The summed E-state index contributed by atoms with van der Waals surface area (Å²) in [4.78, 5) is 20.1. The molecule has 5 heteroatoms. The maximum absolute atomic E-state index is 12.1. The van der Waals surface area contributed by atoms with E-state index in [-0.39, 0.29) is 11.6 Å². The Labute approximate surface area is 141 Å². The first kappa shape index (κ1) is 17.0. The number of nitrogens with two attached hydrogens (primary N) is 1. The van der Waals surface area contributed by atoms with Crippen molar-refractivity contribution in [2.24, 2.45) is 10.7 Å².